The zero-order chi connectivity index (χ0) is 17.0. The quantitative estimate of drug-likeness (QED) is 0.904. The van der Waals surface area contributed by atoms with Gasteiger partial charge in [-0.2, -0.15) is 5.26 Å². The summed E-state index contributed by atoms with van der Waals surface area (Å²) in [5.74, 6) is 0.541. The van der Waals surface area contributed by atoms with Crippen LogP contribution in [0.3, 0.4) is 0 Å². The maximum absolute atomic E-state index is 12.0. The molecule has 1 N–H and O–H groups in total. The van der Waals surface area contributed by atoms with E-state index in [1.54, 1.807) is 45.0 Å². The molecule has 0 aliphatic carbocycles. The molecule has 0 bridgehead atoms. The highest BCUT2D eigenvalue weighted by molar-refractivity contribution is 5.68. The predicted octanol–water partition coefficient (Wildman–Crippen LogP) is 2.31. The van der Waals surface area contributed by atoms with Crippen molar-refractivity contribution in [3.05, 3.63) is 29.8 Å². The third kappa shape index (κ3) is 4.86. The van der Waals surface area contributed by atoms with Crippen molar-refractivity contribution in [2.24, 2.45) is 0 Å². The van der Waals surface area contributed by atoms with Gasteiger partial charge in [-0.1, -0.05) is 6.07 Å². The number of nitrogens with zero attached hydrogens (tertiary/aromatic N) is 2. The van der Waals surface area contributed by atoms with Gasteiger partial charge in [-0.15, -0.1) is 0 Å². The van der Waals surface area contributed by atoms with Gasteiger partial charge < -0.3 is 19.5 Å². The van der Waals surface area contributed by atoms with Crippen LogP contribution in [0.2, 0.25) is 0 Å². The molecule has 1 fully saturated rings. The van der Waals surface area contributed by atoms with E-state index in [4.69, 9.17) is 14.7 Å². The van der Waals surface area contributed by atoms with E-state index in [0.717, 1.165) is 0 Å². The second-order valence-corrected chi connectivity index (χ2v) is 6.58. The Kier molecular flexibility index (Phi) is 5.12. The summed E-state index contributed by atoms with van der Waals surface area (Å²) in [6.07, 6.45) is -1.15. The third-order valence-electron chi connectivity index (χ3n) is 3.42. The second kappa shape index (κ2) is 6.88. The highest BCUT2D eigenvalue weighted by atomic mass is 16.6. The largest absolute Gasteiger partial charge is 0.488 e. The molecule has 23 heavy (non-hydrogen) atoms. The van der Waals surface area contributed by atoms with Crippen molar-refractivity contribution in [2.45, 2.75) is 45.0 Å². The van der Waals surface area contributed by atoms with Gasteiger partial charge in [0.1, 0.15) is 23.6 Å². The van der Waals surface area contributed by atoms with Gasteiger partial charge in [0.05, 0.1) is 18.2 Å². The molecular formula is C17H22N2O4. The van der Waals surface area contributed by atoms with Crippen LogP contribution in [0, 0.1) is 11.3 Å². The van der Waals surface area contributed by atoms with Crippen LogP contribution in [0.1, 0.15) is 32.8 Å². The summed E-state index contributed by atoms with van der Waals surface area (Å²) >= 11 is 0. The molecule has 1 aliphatic rings. The summed E-state index contributed by atoms with van der Waals surface area (Å²) < 4.78 is 11.1. The van der Waals surface area contributed by atoms with E-state index in [1.165, 1.54) is 4.90 Å². The standard InChI is InChI=1S/C17H22N2O4/c1-17(2,3)23-16(21)19-8-7-15(14(20)11-19)22-13-6-4-5-12(9-13)10-18/h4-6,9,14-15,20H,7-8,11H2,1-3H3. The van der Waals surface area contributed by atoms with Crippen LogP contribution in [-0.4, -0.2) is 47.0 Å². The van der Waals surface area contributed by atoms with Crippen molar-refractivity contribution in [2.75, 3.05) is 13.1 Å². The number of carbonyl (C=O) groups is 1. The molecule has 1 aromatic rings. The number of likely N-dealkylation sites (tertiary alicyclic amines) is 1. The zero-order valence-electron chi connectivity index (χ0n) is 13.7. The van der Waals surface area contributed by atoms with Gasteiger partial charge in [-0.05, 0) is 39.0 Å². The number of nitriles is 1. The molecule has 1 aromatic carbocycles. The number of β-amino-alcohol motifs (C(OH)–C–C–N with tert-alkyl or cyclic N) is 1. The fourth-order valence-electron chi connectivity index (χ4n) is 2.35. The lowest BCUT2D eigenvalue weighted by atomic mass is 10.1. The lowest BCUT2D eigenvalue weighted by Crippen LogP contribution is -2.52. The summed E-state index contributed by atoms with van der Waals surface area (Å²) in [5, 5.41) is 19.1. The summed E-state index contributed by atoms with van der Waals surface area (Å²) in [6.45, 7) is 6.03. The first-order chi connectivity index (χ1) is 10.8. The van der Waals surface area contributed by atoms with Gasteiger partial charge in [-0.3, -0.25) is 0 Å². The molecule has 1 heterocycles. The minimum atomic E-state index is -0.804. The number of piperidine rings is 1. The molecule has 1 aliphatic heterocycles. The minimum Gasteiger partial charge on any atom is -0.488 e. The number of aliphatic hydroxyl groups excluding tert-OH is 1. The Morgan fingerprint density at radius 3 is 2.78 bits per heavy atom. The number of amides is 1. The smallest absolute Gasteiger partial charge is 0.410 e. The van der Waals surface area contributed by atoms with Gasteiger partial charge in [0, 0.05) is 13.0 Å². The molecule has 6 heteroatoms. The molecule has 1 saturated heterocycles. The molecule has 124 valence electrons. The van der Waals surface area contributed by atoms with Crippen LogP contribution in [-0.2, 0) is 4.74 Å². The van der Waals surface area contributed by atoms with Gasteiger partial charge in [0.2, 0.25) is 0 Å². The third-order valence-corrected chi connectivity index (χ3v) is 3.42. The van der Waals surface area contributed by atoms with Crippen LogP contribution in [0.4, 0.5) is 4.79 Å². The van der Waals surface area contributed by atoms with Crippen LogP contribution < -0.4 is 4.74 Å². The summed E-state index contributed by atoms with van der Waals surface area (Å²) in [6, 6.07) is 8.84. The Labute approximate surface area is 136 Å². The lowest BCUT2D eigenvalue weighted by molar-refractivity contribution is -0.0374. The Morgan fingerprint density at radius 2 is 2.17 bits per heavy atom. The monoisotopic (exact) mass is 318 g/mol. The van der Waals surface area contributed by atoms with Crippen LogP contribution in [0.15, 0.2) is 24.3 Å². The van der Waals surface area contributed by atoms with E-state index in [9.17, 15) is 9.90 Å². The van der Waals surface area contributed by atoms with E-state index >= 15 is 0 Å². The van der Waals surface area contributed by atoms with Gasteiger partial charge in [0.25, 0.3) is 0 Å². The van der Waals surface area contributed by atoms with E-state index in [2.05, 4.69) is 0 Å². The number of aliphatic hydroxyl groups is 1. The first-order valence-corrected chi connectivity index (χ1v) is 7.61. The maximum Gasteiger partial charge on any atom is 0.410 e. The van der Waals surface area contributed by atoms with Gasteiger partial charge >= 0.3 is 6.09 Å². The highest BCUT2D eigenvalue weighted by Crippen LogP contribution is 2.21. The average Bonchev–Trinajstić information content (AvgIpc) is 2.47. The molecule has 0 spiro atoms. The lowest BCUT2D eigenvalue weighted by Gasteiger charge is -2.36. The predicted molar refractivity (Wildman–Crippen MR) is 84.0 cm³/mol. The van der Waals surface area contributed by atoms with Gasteiger partial charge in [-0.25, -0.2) is 4.79 Å². The van der Waals surface area contributed by atoms with Crippen molar-refractivity contribution in [3.63, 3.8) is 0 Å². The number of hydrogen-bond acceptors (Lipinski definition) is 5. The molecule has 0 saturated carbocycles. The van der Waals surface area contributed by atoms with Crippen molar-refractivity contribution < 1.29 is 19.4 Å². The highest BCUT2D eigenvalue weighted by Gasteiger charge is 2.33. The van der Waals surface area contributed by atoms with E-state index in [-0.39, 0.29) is 6.54 Å². The molecule has 2 rings (SSSR count). The van der Waals surface area contributed by atoms with E-state index in [1.807, 2.05) is 6.07 Å². The number of benzene rings is 1. The maximum atomic E-state index is 12.0. The SMILES string of the molecule is CC(C)(C)OC(=O)N1CCC(Oc2cccc(C#N)c2)C(O)C1. The molecule has 2 atom stereocenters. The molecule has 6 nitrogen and oxygen atoms in total. The summed E-state index contributed by atoms with van der Waals surface area (Å²) in [7, 11) is 0. The second-order valence-electron chi connectivity index (χ2n) is 6.58. The van der Waals surface area contributed by atoms with E-state index in [0.29, 0.717) is 24.3 Å². The topological polar surface area (TPSA) is 82.8 Å². The fraction of sp³-hybridized carbons (Fsp3) is 0.529. The van der Waals surface area contributed by atoms with E-state index < -0.39 is 23.9 Å². The first kappa shape index (κ1) is 17.1. The zero-order valence-corrected chi connectivity index (χ0v) is 13.7. The number of hydrogen-bond donors (Lipinski definition) is 1. The Bertz CT molecular complexity index is 603. The number of rotatable bonds is 2. The molecule has 2 unspecified atom stereocenters. The van der Waals surface area contributed by atoms with Crippen molar-refractivity contribution in [1.29, 1.82) is 5.26 Å². The van der Waals surface area contributed by atoms with Crippen molar-refractivity contribution in [1.82, 2.24) is 4.90 Å². The van der Waals surface area contributed by atoms with Crippen LogP contribution in [0.25, 0.3) is 0 Å². The van der Waals surface area contributed by atoms with Crippen LogP contribution >= 0.6 is 0 Å². The Morgan fingerprint density at radius 1 is 1.43 bits per heavy atom. The number of carbonyl (C=O) groups excluding carboxylic acids is 1. The van der Waals surface area contributed by atoms with Crippen molar-refractivity contribution in [3.8, 4) is 11.8 Å². The summed E-state index contributed by atoms with van der Waals surface area (Å²) in [5.41, 5.74) is -0.0594. The molecule has 1 amide bonds. The first-order valence-electron chi connectivity index (χ1n) is 7.61. The normalized spacial score (nSPS) is 21.4. The number of ether oxygens (including phenoxy) is 2. The average molecular weight is 318 g/mol. The van der Waals surface area contributed by atoms with Gasteiger partial charge in [0.15, 0.2) is 0 Å². The Balaban J connectivity index is 1.94. The Hall–Kier alpha value is -2.26. The fourth-order valence-corrected chi connectivity index (χ4v) is 2.35. The van der Waals surface area contributed by atoms with Crippen molar-refractivity contribution >= 4 is 6.09 Å². The molecule has 0 aromatic heterocycles. The molecular weight excluding hydrogens is 296 g/mol. The van der Waals surface area contributed by atoms with Crippen LogP contribution in [0.5, 0.6) is 5.75 Å². The molecule has 0 radical (unpaired) electrons. The minimum absolute atomic E-state index is 0.164. The summed E-state index contributed by atoms with van der Waals surface area (Å²) in [4.78, 5) is 13.5.